The van der Waals surface area contributed by atoms with Crippen molar-refractivity contribution in [1.82, 2.24) is 9.97 Å². The summed E-state index contributed by atoms with van der Waals surface area (Å²) < 4.78 is 14.6. The molecule has 0 atom stereocenters. The summed E-state index contributed by atoms with van der Waals surface area (Å²) in [6.45, 7) is 0.270. The van der Waals surface area contributed by atoms with E-state index in [1.807, 2.05) is 14.1 Å². The molecule has 1 aromatic heterocycles. The standard InChI is InChI=1S/C24H34FN7O/c1-31(2)22-18-5-3-4-6-20(18)29-24(30-22)28-16-8-10-17(11-9-16)32(23(27)33)21-13-15(14-26)7-12-19(21)25/h7,12-13,16-17H,3-6,8-11,14,26H2,1-2H3,(H2,27,33)(H,28,29,30). The Bertz CT molecular complexity index is 1000. The largest absolute Gasteiger partial charge is 0.362 e. The number of benzene rings is 1. The van der Waals surface area contributed by atoms with Crippen molar-refractivity contribution in [2.75, 3.05) is 29.2 Å². The third kappa shape index (κ3) is 5.03. The molecule has 2 aliphatic rings. The molecule has 0 unspecified atom stereocenters. The van der Waals surface area contributed by atoms with E-state index in [0.717, 1.165) is 49.2 Å². The monoisotopic (exact) mass is 455 g/mol. The summed E-state index contributed by atoms with van der Waals surface area (Å²) in [5, 5.41) is 3.51. The van der Waals surface area contributed by atoms with Crippen LogP contribution >= 0.6 is 0 Å². The average molecular weight is 456 g/mol. The molecular formula is C24H34FN7O. The summed E-state index contributed by atoms with van der Waals surface area (Å²) in [6.07, 6.45) is 7.39. The SMILES string of the molecule is CN(C)c1nc(NC2CCC(N(C(N)=O)c3cc(CN)ccc3F)CC2)nc2c1CCCC2. The Balaban J connectivity index is 1.46. The molecule has 2 aliphatic carbocycles. The normalized spacial score (nSPS) is 20.1. The van der Waals surface area contributed by atoms with Gasteiger partial charge in [0.2, 0.25) is 5.95 Å². The van der Waals surface area contributed by atoms with Gasteiger partial charge in [0.05, 0.1) is 11.4 Å². The topological polar surface area (TPSA) is 113 Å². The number of hydrogen-bond acceptors (Lipinski definition) is 6. The zero-order valence-corrected chi connectivity index (χ0v) is 19.5. The van der Waals surface area contributed by atoms with Gasteiger partial charge in [-0.15, -0.1) is 0 Å². The number of urea groups is 1. The van der Waals surface area contributed by atoms with Crippen molar-refractivity contribution in [3.05, 3.63) is 40.8 Å². The maximum absolute atomic E-state index is 14.6. The van der Waals surface area contributed by atoms with Crippen molar-refractivity contribution in [2.24, 2.45) is 11.5 Å². The van der Waals surface area contributed by atoms with E-state index in [1.54, 1.807) is 12.1 Å². The zero-order valence-electron chi connectivity index (χ0n) is 19.5. The highest BCUT2D eigenvalue weighted by Crippen LogP contribution is 2.32. The van der Waals surface area contributed by atoms with Crippen molar-refractivity contribution in [2.45, 2.75) is 70.0 Å². The van der Waals surface area contributed by atoms with Gasteiger partial charge in [0.15, 0.2) is 0 Å². The van der Waals surface area contributed by atoms with Crippen LogP contribution in [0, 0.1) is 5.82 Å². The summed E-state index contributed by atoms with van der Waals surface area (Å²) in [4.78, 5) is 25.3. The molecule has 9 heteroatoms. The van der Waals surface area contributed by atoms with Crippen LogP contribution in [-0.2, 0) is 19.4 Å². The minimum absolute atomic E-state index is 0.162. The van der Waals surface area contributed by atoms with E-state index >= 15 is 0 Å². The second-order valence-electron chi connectivity index (χ2n) is 9.25. The van der Waals surface area contributed by atoms with Gasteiger partial charge in [-0.3, -0.25) is 4.90 Å². The van der Waals surface area contributed by atoms with Crippen molar-refractivity contribution >= 4 is 23.5 Å². The Morgan fingerprint density at radius 2 is 1.88 bits per heavy atom. The number of nitrogens with two attached hydrogens (primary N) is 2. The Labute approximate surface area is 194 Å². The number of carbonyl (C=O) groups excluding carboxylic acids is 1. The number of halogens is 1. The first kappa shape index (κ1) is 23.2. The number of amides is 2. The third-order valence-electron chi connectivity index (χ3n) is 6.72. The number of aromatic nitrogens is 2. The molecule has 0 bridgehead atoms. The Hall–Kier alpha value is -2.94. The van der Waals surface area contributed by atoms with Crippen LogP contribution in [0.4, 0.5) is 26.6 Å². The van der Waals surface area contributed by atoms with Gasteiger partial charge < -0.3 is 21.7 Å². The van der Waals surface area contributed by atoms with Gasteiger partial charge in [0, 0.05) is 38.3 Å². The zero-order chi connectivity index (χ0) is 23.5. The van der Waals surface area contributed by atoms with Crippen LogP contribution in [0.15, 0.2) is 18.2 Å². The number of aryl methyl sites for hydroxylation is 1. The van der Waals surface area contributed by atoms with Gasteiger partial charge in [-0.2, -0.15) is 4.98 Å². The first-order valence-corrected chi connectivity index (χ1v) is 11.8. The van der Waals surface area contributed by atoms with Crippen LogP contribution < -0.4 is 26.6 Å². The summed E-state index contributed by atoms with van der Waals surface area (Å²) in [5.74, 6) is 1.19. The Morgan fingerprint density at radius 1 is 1.15 bits per heavy atom. The van der Waals surface area contributed by atoms with E-state index in [2.05, 4.69) is 10.2 Å². The lowest BCUT2D eigenvalue weighted by molar-refractivity contribution is 0.248. The smallest absolute Gasteiger partial charge is 0.319 e. The lowest BCUT2D eigenvalue weighted by Crippen LogP contribution is -2.47. The summed E-state index contributed by atoms with van der Waals surface area (Å²) in [7, 11) is 4.03. The highest BCUT2D eigenvalue weighted by Gasteiger charge is 2.31. The number of primary amides is 1. The number of fused-ring (bicyclic) bond motifs is 1. The maximum Gasteiger partial charge on any atom is 0.319 e. The molecule has 4 rings (SSSR count). The quantitative estimate of drug-likeness (QED) is 0.616. The van der Waals surface area contributed by atoms with Crippen LogP contribution in [0.2, 0.25) is 0 Å². The first-order chi connectivity index (χ1) is 15.9. The minimum Gasteiger partial charge on any atom is -0.362 e. The molecule has 1 saturated carbocycles. The molecule has 2 amide bonds. The van der Waals surface area contributed by atoms with Crippen LogP contribution in [0.5, 0.6) is 0 Å². The molecule has 1 heterocycles. The van der Waals surface area contributed by atoms with Crippen LogP contribution in [0.3, 0.4) is 0 Å². The minimum atomic E-state index is -0.645. The summed E-state index contributed by atoms with van der Waals surface area (Å²) in [5.41, 5.74) is 14.8. The molecule has 0 radical (unpaired) electrons. The molecule has 0 spiro atoms. The second kappa shape index (κ2) is 9.91. The Kier molecular flexibility index (Phi) is 6.97. The number of hydrogen-bond donors (Lipinski definition) is 3. The number of anilines is 3. The van der Waals surface area contributed by atoms with Crippen molar-refractivity contribution < 1.29 is 9.18 Å². The average Bonchev–Trinajstić information content (AvgIpc) is 2.80. The van der Waals surface area contributed by atoms with Gasteiger partial charge in [-0.25, -0.2) is 14.2 Å². The molecule has 33 heavy (non-hydrogen) atoms. The molecule has 1 aromatic carbocycles. The maximum atomic E-state index is 14.6. The summed E-state index contributed by atoms with van der Waals surface area (Å²) >= 11 is 0. The third-order valence-corrected chi connectivity index (χ3v) is 6.72. The molecule has 178 valence electrons. The molecule has 5 N–H and O–H groups in total. The van der Waals surface area contributed by atoms with Gasteiger partial charge in [0.25, 0.3) is 0 Å². The molecular weight excluding hydrogens is 421 g/mol. The van der Waals surface area contributed by atoms with Crippen LogP contribution in [0.25, 0.3) is 0 Å². The second-order valence-corrected chi connectivity index (χ2v) is 9.25. The summed E-state index contributed by atoms with van der Waals surface area (Å²) in [6, 6.07) is 3.97. The lowest BCUT2D eigenvalue weighted by Gasteiger charge is -2.36. The fourth-order valence-electron chi connectivity index (χ4n) is 5.03. The predicted octanol–water partition coefficient (Wildman–Crippen LogP) is 3.33. The molecule has 0 saturated heterocycles. The van der Waals surface area contributed by atoms with Gasteiger partial charge in [0.1, 0.15) is 11.6 Å². The first-order valence-electron chi connectivity index (χ1n) is 11.8. The van der Waals surface area contributed by atoms with E-state index in [0.29, 0.717) is 18.8 Å². The molecule has 2 aromatic rings. The van der Waals surface area contributed by atoms with Gasteiger partial charge in [-0.05, 0) is 69.1 Å². The van der Waals surface area contributed by atoms with E-state index < -0.39 is 11.8 Å². The fraction of sp³-hybridized carbons (Fsp3) is 0.542. The number of rotatable bonds is 6. The highest BCUT2D eigenvalue weighted by molar-refractivity contribution is 5.91. The van der Waals surface area contributed by atoms with E-state index in [-0.39, 0.29) is 24.3 Å². The van der Waals surface area contributed by atoms with Crippen molar-refractivity contribution in [3.8, 4) is 0 Å². The number of nitrogens with zero attached hydrogens (tertiary/aromatic N) is 4. The van der Waals surface area contributed by atoms with Crippen LogP contribution in [-0.4, -0.2) is 42.2 Å². The van der Waals surface area contributed by atoms with Crippen molar-refractivity contribution in [1.29, 1.82) is 0 Å². The van der Waals surface area contributed by atoms with Gasteiger partial charge in [-0.1, -0.05) is 6.07 Å². The van der Waals surface area contributed by atoms with Gasteiger partial charge >= 0.3 is 6.03 Å². The molecule has 1 fully saturated rings. The molecule has 0 aliphatic heterocycles. The van der Waals surface area contributed by atoms with Crippen molar-refractivity contribution in [3.63, 3.8) is 0 Å². The molecule has 8 nitrogen and oxygen atoms in total. The van der Waals surface area contributed by atoms with Crippen LogP contribution in [0.1, 0.15) is 55.3 Å². The number of nitrogens with one attached hydrogen (secondary N) is 1. The van der Waals surface area contributed by atoms with E-state index in [9.17, 15) is 9.18 Å². The highest BCUT2D eigenvalue weighted by atomic mass is 19.1. The number of carbonyl (C=O) groups is 1. The van der Waals surface area contributed by atoms with E-state index in [1.165, 1.54) is 23.0 Å². The predicted molar refractivity (Wildman–Crippen MR) is 129 cm³/mol. The Morgan fingerprint density at radius 3 is 2.55 bits per heavy atom. The lowest BCUT2D eigenvalue weighted by atomic mass is 9.90. The van der Waals surface area contributed by atoms with E-state index in [4.69, 9.17) is 21.4 Å². The fourth-order valence-corrected chi connectivity index (χ4v) is 5.03.